The van der Waals surface area contributed by atoms with Gasteiger partial charge in [-0.1, -0.05) is 17.4 Å². The van der Waals surface area contributed by atoms with Crippen LogP contribution in [0.2, 0.25) is 0 Å². The Balaban J connectivity index is 1.95. The molecule has 0 saturated carbocycles. The Morgan fingerprint density at radius 2 is 1.91 bits per heavy atom. The number of hydrogen-bond acceptors (Lipinski definition) is 5. The lowest BCUT2D eigenvalue weighted by Crippen LogP contribution is -2.08. The van der Waals surface area contributed by atoms with Gasteiger partial charge in [-0.3, -0.25) is 4.79 Å². The Morgan fingerprint density at radius 3 is 2.57 bits per heavy atom. The van der Waals surface area contributed by atoms with E-state index in [4.69, 9.17) is 0 Å². The molecule has 0 aliphatic heterocycles. The maximum atomic E-state index is 11.8. The molecule has 1 N–H and O–H groups in total. The molecule has 0 radical (unpaired) electrons. The minimum absolute atomic E-state index is 0.0137. The maximum Gasteiger partial charge on any atom is 0.307 e. The van der Waals surface area contributed by atoms with Gasteiger partial charge in [0, 0.05) is 24.6 Å². The second-order valence-electron chi connectivity index (χ2n) is 5.53. The predicted octanol–water partition coefficient (Wildman–Crippen LogP) is 3.57. The summed E-state index contributed by atoms with van der Waals surface area (Å²) in [6.07, 6.45) is 1.70. The standard InChI is InChI=1S/C17H18N4OS/c1-10-5-6-13(9-11(10)2)19-16-18-8-7-14(20-16)15-12(3)21(4)17(22)23-15/h5-9H,1-4H3,(H,18,19,20). The van der Waals surface area contributed by atoms with E-state index in [0.29, 0.717) is 5.95 Å². The molecule has 0 aliphatic carbocycles. The summed E-state index contributed by atoms with van der Waals surface area (Å²) in [6, 6.07) is 7.96. The van der Waals surface area contributed by atoms with E-state index >= 15 is 0 Å². The van der Waals surface area contributed by atoms with Gasteiger partial charge in [0.1, 0.15) is 0 Å². The first-order chi connectivity index (χ1) is 11.0. The van der Waals surface area contributed by atoms with Gasteiger partial charge in [0.05, 0.1) is 10.6 Å². The topological polar surface area (TPSA) is 59.8 Å². The molecule has 6 heteroatoms. The van der Waals surface area contributed by atoms with Gasteiger partial charge in [0.25, 0.3) is 0 Å². The van der Waals surface area contributed by atoms with Crippen LogP contribution in [0.25, 0.3) is 10.6 Å². The van der Waals surface area contributed by atoms with Crippen molar-refractivity contribution in [2.45, 2.75) is 20.8 Å². The summed E-state index contributed by atoms with van der Waals surface area (Å²) in [5.41, 5.74) is 5.07. The van der Waals surface area contributed by atoms with Crippen molar-refractivity contribution >= 4 is 23.0 Å². The van der Waals surface area contributed by atoms with E-state index in [-0.39, 0.29) is 4.87 Å². The van der Waals surface area contributed by atoms with Gasteiger partial charge in [-0.05, 0) is 50.1 Å². The average molecular weight is 326 g/mol. The summed E-state index contributed by atoms with van der Waals surface area (Å²) in [4.78, 5) is 21.5. The van der Waals surface area contributed by atoms with Crippen molar-refractivity contribution in [2.24, 2.45) is 7.05 Å². The van der Waals surface area contributed by atoms with Crippen molar-refractivity contribution in [2.75, 3.05) is 5.32 Å². The number of benzene rings is 1. The van der Waals surface area contributed by atoms with Gasteiger partial charge >= 0.3 is 4.87 Å². The molecule has 118 valence electrons. The number of nitrogens with zero attached hydrogens (tertiary/aromatic N) is 3. The molecule has 0 aliphatic rings. The Hall–Kier alpha value is -2.47. The molecule has 0 unspecified atom stereocenters. The fraction of sp³-hybridized carbons (Fsp3) is 0.235. The zero-order valence-electron chi connectivity index (χ0n) is 13.5. The first-order valence-corrected chi connectivity index (χ1v) is 8.11. The summed E-state index contributed by atoms with van der Waals surface area (Å²) in [5.74, 6) is 0.522. The molecule has 5 nitrogen and oxygen atoms in total. The molecule has 0 bridgehead atoms. The Bertz CT molecular complexity index is 927. The van der Waals surface area contributed by atoms with Crippen molar-refractivity contribution in [3.63, 3.8) is 0 Å². The maximum absolute atomic E-state index is 11.8. The van der Waals surface area contributed by atoms with Crippen LogP contribution in [0.1, 0.15) is 16.8 Å². The molecule has 2 aromatic heterocycles. The predicted molar refractivity (Wildman–Crippen MR) is 94.5 cm³/mol. The highest BCUT2D eigenvalue weighted by Crippen LogP contribution is 2.25. The molecule has 2 heterocycles. The van der Waals surface area contributed by atoms with Crippen LogP contribution < -0.4 is 10.2 Å². The van der Waals surface area contributed by atoms with Crippen LogP contribution in [0.4, 0.5) is 11.6 Å². The summed E-state index contributed by atoms with van der Waals surface area (Å²) in [7, 11) is 1.77. The number of aromatic nitrogens is 3. The van der Waals surface area contributed by atoms with Gasteiger partial charge in [0.15, 0.2) is 0 Å². The molecule has 0 saturated heterocycles. The lowest BCUT2D eigenvalue weighted by Gasteiger charge is -2.08. The molecule has 0 atom stereocenters. The minimum atomic E-state index is 0.0137. The van der Waals surface area contributed by atoms with Crippen LogP contribution in [0.5, 0.6) is 0 Å². The van der Waals surface area contributed by atoms with Crippen molar-refractivity contribution in [1.29, 1.82) is 0 Å². The van der Waals surface area contributed by atoms with Crippen LogP contribution in [-0.2, 0) is 7.05 Å². The number of anilines is 2. The van der Waals surface area contributed by atoms with Crippen LogP contribution >= 0.6 is 11.3 Å². The monoisotopic (exact) mass is 326 g/mol. The van der Waals surface area contributed by atoms with E-state index in [1.807, 2.05) is 19.1 Å². The van der Waals surface area contributed by atoms with Crippen LogP contribution in [0, 0.1) is 20.8 Å². The molecule has 3 aromatic rings. The summed E-state index contributed by atoms with van der Waals surface area (Å²) in [6.45, 7) is 6.07. The van der Waals surface area contributed by atoms with Crippen molar-refractivity contribution in [3.05, 3.63) is 57.0 Å². The van der Waals surface area contributed by atoms with Crippen LogP contribution in [-0.4, -0.2) is 14.5 Å². The van der Waals surface area contributed by atoms with E-state index < -0.39 is 0 Å². The molecule has 1 aromatic carbocycles. The molecular formula is C17H18N4OS. The number of hydrogen-bond donors (Lipinski definition) is 1. The number of aryl methyl sites for hydroxylation is 2. The Morgan fingerprint density at radius 1 is 1.13 bits per heavy atom. The molecular weight excluding hydrogens is 308 g/mol. The van der Waals surface area contributed by atoms with Gasteiger partial charge in [0.2, 0.25) is 5.95 Å². The smallest absolute Gasteiger partial charge is 0.307 e. The third-order valence-electron chi connectivity index (χ3n) is 3.95. The van der Waals surface area contributed by atoms with E-state index in [9.17, 15) is 4.79 Å². The SMILES string of the molecule is Cc1ccc(Nc2nccc(-c3sc(=O)n(C)c3C)n2)cc1C. The Kier molecular flexibility index (Phi) is 4.00. The van der Waals surface area contributed by atoms with Gasteiger partial charge in [-0.25, -0.2) is 9.97 Å². The Labute approximate surface area is 138 Å². The molecule has 23 heavy (non-hydrogen) atoms. The fourth-order valence-electron chi connectivity index (χ4n) is 2.25. The normalized spacial score (nSPS) is 10.8. The quantitative estimate of drug-likeness (QED) is 0.799. The highest BCUT2D eigenvalue weighted by molar-refractivity contribution is 7.13. The largest absolute Gasteiger partial charge is 0.324 e. The first-order valence-electron chi connectivity index (χ1n) is 7.30. The highest BCUT2D eigenvalue weighted by atomic mass is 32.1. The lowest BCUT2D eigenvalue weighted by atomic mass is 10.1. The number of thiazole rings is 1. The van der Waals surface area contributed by atoms with Crippen LogP contribution in [0.15, 0.2) is 35.3 Å². The zero-order valence-corrected chi connectivity index (χ0v) is 14.4. The van der Waals surface area contributed by atoms with Crippen molar-refractivity contribution in [3.8, 4) is 10.6 Å². The van der Waals surface area contributed by atoms with E-state index in [1.54, 1.807) is 17.8 Å². The van der Waals surface area contributed by atoms with Gasteiger partial charge < -0.3 is 9.88 Å². The third kappa shape index (κ3) is 3.03. The van der Waals surface area contributed by atoms with Gasteiger partial charge in [-0.2, -0.15) is 0 Å². The van der Waals surface area contributed by atoms with Crippen molar-refractivity contribution in [1.82, 2.24) is 14.5 Å². The number of rotatable bonds is 3. The highest BCUT2D eigenvalue weighted by Gasteiger charge is 2.12. The first kappa shape index (κ1) is 15.4. The summed E-state index contributed by atoms with van der Waals surface area (Å²) < 4.78 is 1.64. The number of nitrogens with one attached hydrogen (secondary N) is 1. The summed E-state index contributed by atoms with van der Waals surface area (Å²) >= 11 is 1.20. The fourth-order valence-corrected chi connectivity index (χ4v) is 3.20. The minimum Gasteiger partial charge on any atom is -0.324 e. The second kappa shape index (κ2) is 5.96. The van der Waals surface area contributed by atoms with Crippen molar-refractivity contribution < 1.29 is 0 Å². The van der Waals surface area contributed by atoms with Crippen LogP contribution in [0.3, 0.4) is 0 Å². The van der Waals surface area contributed by atoms with E-state index in [0.717, 1.165) is 22.0 Å². The molecule has 0 amide bonds. The third-order valence-corrected chi connectivity index (χ3v) is 5.10. The lowest BCUT2D eigenvalue weighted by molar-refractivity contribution is 0.854. The average Bonchev–Trinajstić information content (AvgIpc) is 2.79. The second-order valence-corrected chi connectivity index (χ2v) is 6.49. The van der Waals surface area contributed by atoms with E-state index in [1.165, 1.54) is 22.5 Å². The molecule has 0 spiro atoms. The zero-order chi connectivity index (χ0) is 16.6. The molecule has 3 rings (SSSR count). The van der Waals surface area contributed by atoms with Gasteiger partial charge in [-0.15, -0.1) is 0 Å². The molecule has 0 fully saturated rings. The van der Waals surface area contributed by atoms with E-state index in [2.05, 4.69) is 41.3 Å². The summed E-state index contributed by atoms with van der Waals surface area (Å²) in [5, 5.41) is 3.22.